The van der Waals surface area contributed by atoms with Gasteiger partial charge in [0.2, 0.25) is 0 Å². The van der Waals surface area contributed by atoms with Crippen LogP contribution in [0.5, 0.6) is 0 Å². The summed E-state index contributed by atoms with van der Waals surface area (Å²) in [6, 6.07) is 31.3. The van der Waals surface area contributed by atoms with E-state index < -0.39 is 6.85 Å². The van der Waals surface area contributed by atoms with Crippen LogP contribution in [0.15, 0.2) is 91.0 Å². The second-order valence-electron chi connectivity index (χ2n) is 11.0. The van der Waals surface area contributed by atoms with Gasteiger partial charge in [0.05, 0.1) is 16.7 Å². The average molecular weight is 528 g/mol. The molecule has 7 aromatic rings. The second-order valence-corrected chi connectivity index (χ2v) is 12.1. The third-order valence-corrected chi connectivity index (χ3v) is 9.07. The van der Waals surface area contributed by atoms with Crippen LogP contribution in [0.1, 0.15) is 60.3 Å². The molecule has 7 rings (SSSR count). The number of aryl methyl sites for hydroxylation is 1. The van der Waals surface area contributed by atoms with Crippen LogP contribution in [-0.2, 0) is 0 Å². The molecule has 0 aliphatic heterocycles. The SMILES string of the molecule is [2H]C([2H])([2H])c1cccc2cc3c(cc12)sc1c(-c2nc4ccccc4n2-c2c(C(C)C)cccc2C(C)C)cccc13. The summed E-state index contributed by atoms with van der Waals surface area (Å²) in [5, 5.41) is 4.03. The first kappa shape index (κ1) is 20.9. The minimum atomic E-state index is -2.17. The Hall–Kier alpha value is -3.95. The predicted molar refractivity (Wildman–Crippen MR) is 170 cm³/mol. The summed E-state index contributed by atoms with van der Waals surface area (Å²) in [6.07, 6.45) is 0. The van der Waals surface area contributed by atoms with Crippen molar-refractivity contribution in [2.45, 2.75) is 46.4 Å². The minimum Gasteiger partial charge on any atom is -0.292 e. The molecular weight excluding hydrogens is 492 g/mol. The summed E-state index contributed by atoms with van der Waals surface area (Å²) >= 11 is 1.72. The topological polar surface area (TPSA) is 17.8 Å². The molecule has 192 valence electrons. The van der Waals surface area contributed by atoms with E-state index in [9.17, 15) is 0 Å². The standard InChI is InChI=1S/C36H32N2S/c1-21(2)25-13-9-14-26(22(3)4)34(25)38-32-18-7-6-17-31(32)37-36(38)28-16-10-15-27-30-19-24-12-8-11-23(5)29(24)20-33(30)39-35(27)28/h6-22H,1-5H3/i5D3. The molecule has 2 nitrogen and oxygen atoms in total. The summed E-state index contributed by atoms with van der Waals surface area (Å²) in [5.74, 6) is 1.61. The summed E-state index contributed by atoms with van der Waals surface area (Å²) < 4.78 is 28.9. The van der Waals surface area contributed by atoms with Crippen molar-refractivity contribution < 1.29 is 4.11 Å². The highest BCUT2D eigenvalue weighted by atomic mass is 32.1. The molecule has 0 fully saturated rings. The number of thiophene rings is 1. The summed E-state index contributed by atoms with van der Waals surface area (Å²) in [5.41, 5.74) is 7.36. The van der Waals surface area contributed by atoms with Gasteiger partial charge in [-0.3, -0.25) is 4.57 Å². The molecule has 3 heteroatoms. The molecule has 2 heterocycles. The smallest absolute Gasteiger partial charge is 0.147 e. The fourth-order valence-electron chi connectivity index (χ4n) is 5.95. The third kappa shape index (κ3) is 3.71. The molecule has 5 aromatic carbocycles. The zero-order valence-corrected chi connectivity index (χ0v) is 23.4. The van der Waals surface area contributed by atoms with Gasteiger partial charge < -0.3 is 0 Å². The minimum absolute atomic E-state index is 0.340. The number of para-hydroxylation sites is 3. The van der Waals surface area contributed by atoms with Crippen molar-refractivity contribution in [3.8, 4) is 17.1 Å². The number of rotatable bonds is 4. The lowest BCUT2D eigenvalue weighted by molar-refractivity contribution is 0.811. The lowest BCUT2D eigenvalue weighted by Gasteiger charge is -2.22. The fraction of sp³-hybridized carbons (Fsp3) is 0.194. The monoisotopic (exact) mass is 527 g/mol. The van der Waals surface area contributed by atoms with Crippen molar-refractivity contribution in [1.82, 2.24) is 9.55 Å². The van der Waals surface area contributed by atoms with Gasteiger partial charge in [0.25, 0.3) is 0 Å². The number of hydrogen-bond acceptors (Lipinski definition) is 2. The van der Waals surface area contributed by atoms with Gasteiger partial charge in [-0.25, -0.2) is 4.98 Å². The van der Waals surface area contributed by atoms with Crippen LogP contribution in [0.2, 0.25) is 0 Å². The Balaban J connectivity index is 1.58. The van der Waals surface area contributed by atoms with Gasteiger partial charge in [-0.1, -0.05) is 88.4 Å². The fourth-order valence-corrected chi connectivity index (χ4v) is 7.18. The zero-order chi connectivity index (χ0) is 29.3. The van der Waals surface area contributed by atoms with E-state index in [0.717, 1.165) is 53.4 Å². The second kappa shape index (κ2) is 9.07. The van der Waals surface area contributed by atoms with Crippen LogP contribution in [0.25, 0.3) is 59.1 Å². The van der Waals surface area contributed by atoms with Crippen LogP contribution in [0, 0.1) is 6.85 Å². The highest BCUT2D eigenvalue weighted by molar-refractivity contribution is 7.26. The van der Waals surface area contributed by atoms with Crippen LogP contribution in [-0.4, -0.2) is 9.55 Å². The molecule has 0 aliphatic rings. The van der Waals surface area contributed by atoms with E-state index in [1.54, 1.807) is 17.4 Å². The molecule has 0 amide bonds. The number of benzene rings is 5. The van der Waals surface area contributed by atoms with E-state index in [4.69, 9.17) is 9.10 Å². The number of nitrogens with zero attached hydrogens (tertiary/aromatic N) is 2. The number of fused-ring (bicyclic) bond motifs is 5. The quantitative estimate of drug-likeness (QED) is 0.223. The van der Waals surface area contributed by atoms with Gasteiger partial charge >= 0.3 is 0 Å². The number of hydrogen-bond donors (Lipinski definition) is 0. The maximum atomic E-state index is 8.10. The molecule has 39 heavy (non-hydrogen) atoms. The van der Waals surface area contributed by atoms with Crippen molar-refractivity contribution in [2.24, 2.45) is 0 Å². The molecule has 0 aliphatic carbocycles. The molecule has 0 spiro atoms. The Morgan fingerprint density at radius 1 is 0.744 bits per heavy atom. The van der Waals surface area contributed by atoms with E-state index in [2.05, 4.69) is 105 Å². The van der Waals surface area contributed by atoms with Gasteiger partial charge in [-0.2, -0.15) is 0 Å². The first-order valence-electron chi connectivity index (χ1n) is 15.1. The zero-order valence-electron chi connectivity index (χ0n) is 25.6. The molecule has 0 atom stereocenters. The summed E-state index contributed by atoms with van der Waals surface area (Å²) in [4.78, 5) is 5.28. The molecule has 0 unspecified atom stereocenters. The predicted octanol–water partition coefficient (Wildman–Crippen LogP) is 10.8. The van der Waals surface area contributed by atoms with E-state index in [-0.39, 0.29) is 0 Å². The maximum Gasteiger partial charge on any atom is 0.147 e. The molecule has 0 radical (unpaired) electrons. The normalized spacial score (nSPS) is 13.6. The molecule has 0 bridgehead atoms. The number of imidazole rings is 1. The Morgan fingerprint density at radius 2 is 1.49 bits per heavy atom. The Kier molecular flexibility index (Phi) is 4.87. The van der Waals surface area contributed by atoms with Gasteiger partial charge in [0, 0.05) is 29.8 Å². The van der Waals surface area contributed by atoms with E-state index in [0.29, 0.717) is 17.4 Å². The Bertz CT molecular complexity index is 2120. The Labute approximate surface area is 237 Å². The van der Waals surface area contributed by atoms with Crippen molar-refractivity contribution in [3.63, 3.8) is 0 Å². The highest BCUT2D eigenvalue weighted by Crippen LogP contribution is 2.44. The third-order valence-electron chi connectivity index (χ3n) is 7.87. The van der Waals surface area contributed by atoms with E-state index >= 15 is 0 Å². The first-order valence-corrected chi connectivity index (χ1v) is 14.4. The van der Waals surface area contributed by atoms with Crippen LogP contribution in [0.4, 0.5) is 0 Å². The van der Waals surface area contributed by atoms with Crippen molar-refractivity contribution in [2.75, 3.05) is 0 Å². The molecule has 2 aromatic heterocycles. The number of aromatic nitrogens is 2. The van der Waals surface area contributed by atoms with Gasteiger partial charge in [-0.05, 0) is 76.5 Å². The van der Waals surface area contributed by atoms with Crippen molar-refractivity contribution in [3.05, 3.63) is 108 Å². The van der Waals surface area contributed by atoms with E-state index in [1.165, 1.54) is 16.8 Å². The van der Waals surface area contributed by atoms with Crippen molar-refractivity contribution >= 4 is 53.3 Å². The highest BCUT2D eigenvalue weighted by Gasteiger charge is 2.23. The lowest BCUT2D eigenvalue weighted by atomic mass is 9.92. The maximum absolute atomic E-state index is 8.10. The molecule has 0 saturated heterocycles. The van der Waals surface area contributed by atoms with Gasteiger partial charge in [-0.15, -0.1) is 11.3 Å². The van der Waals surface area contributed by atoms with Crippen molar-refractivity contribution in [1.29, 1.82) is 0 Å². The largest absolute Gasteiger partial charge is 0.292 e. The summed E-state index contributed by atoms with van der Waals surface area (Å²) in [6.45, 7) is 6.86. The van der Waals surface area contributed by atoms with E-state index in [1.807, 2.05) is 12.1 Å². The first-order chi connectivity index (χ1) is 20.1. The summed E-state index contributed by atoms with van der Waals surface area (Å²) in [7, 11) is 0. The van der Waals surface area contributed by atoms with Crippen LogP contribution >= 0.6 is 11.3 Å². The van der Waals surface area contributed by atoms with Gasteiger partial charge in [0.15, 0.2) is 0 Å². The van der Waals surface area contributed by atoms with Crippen LogP contribution < -0.4 is 0 Å². The molecular formula is C36H32N2S. The molecule has 0 saturated carbocycles. The van der Waals surface area contributed by atoms with Crippen LogP contribution in [0.3, 0.4) is 0 Å². The molecule has 0 N–H and O–H groups in total. The Morgan fingerprint density at radius 3 is 2.26 bits per heavy atom. The average Bonchev–Trinajstić information content (AvgIpc) is 3.52. The van der Waals surface area contributed by atoms with Gasteiger partial charge in [0.1, 0.15) is 5.82 Å². The lowest BCUT2D eigenvalue weighted by Crippen LogP contribution is -2.08.